The van der Waals surface area contributed by atoms with E-state index >= 15 is 0 Å². The number of H-pyrrole nitrogens is 1. The number of urea groups is 1. The molecule has 2 heterocycles. The number of aromatic nitrogens is 2. The van der Waals surface area contributed by atoms with Gasteiger partial charge in [0.25, 0.3) is 0 Å². The fourth-order valence-electron chi connectivity index (χ4n) is 1.35. The second-order valence-corrected chi connectivity index (χ2v) is 4.08. The van der Waals surface area contributed by atoms with Crippen LogP contribution in [-0.2, 0) is 11.3 Å². The number of hydrogen-bond donors (Lipinski definition) is 2. The second-order valence-electron chi connectivity index (χ2n) is 3.22. The maximum absolute atomic E-state index is 11.4. The average Bonchev–Trinajstić information content (AvgIpc) is 2.57. The zero-order valence-electron chi connectivity index (χ0n) is 7.79. The van der Waals surface area contributed by atoms with Gasteiger partial charge in [-0.3, -0.25) is 15.2 Å². The Bertz CT molecular complexity index is 403. The quantitative estimate of drug-likeness (QED) is 0.828. The molecule has 15 heavy (non-hydrogen) atoms. The highest BCUT2D eigenvalue weighted by Crippen LogP contribution is 2.15. The summed E-state index contributed by atoms with van der Waals surface area (Å²) >= 11 is 3.31. The third-order valence-electron chi connectivity index (χ3n) is 2.16. The topological polar surface area (TPSA) is 78.1 Å². The van der Waals surface area contributed by atoms with E-state index in [9.17, 15) is 9.59 Å². The lowest BCUT2D eigenvalue weighted by Crippen LogP contribution is -2.48. The lowest BCUT2D eigenvalue weighted by Gasteiger charge is -2.25. The van der Waals surface area contributed by atoms with Crippen molar-refractivity contribution in [1.29, 1.82) is 0 Å². The van der Waals surface area contributed by atoms with Gasteiger partial charge < -0.3 is 4.90 Å². The number of hydrogen-bond acceptors (Lipinski definition) is 3. The normalized spacial score (nSPS) is 16.7. The van der Waals surface area contributed by atoms with E-state index in [1.807, 2.05) is 0 Å². The third kappa shape index (κ3) is 2.17. The van der Waals surface area contributed by atoms with Crippen LogP contribution in [0.3, 0.4) is 0 Å². The number of carbonyl (C=O) groups excluding carboxylic acids is 2. The van der Waals surface area contributed by atoms with Gasteiger partial charge in [0.1, 0.15) is 0 Å². The number of nitrogens with zero attached hydrogens (tertiary/aromatic N) is 2. The molecule has 1 aromatic heterocycles. The standard InChI is InChI=1S/C8H9BrN4O2/c9-5-3-10-12-6(5)4-13-2-1-7(14)11-8(13)15/h3H,1-2,4H2,(H,10,12)(H,11,14,15). The molecule has 1 saturated heterocycles. The van der Waals surface area contributed by atoms with Crippen molar-refractivity contribution >= 4 is 27.9 Å². The molecule has 0 aliphatic carbocycles. The summed E-state index contributed by atoms with van der Waals surface area (Å²) in [5, 5.41) is 8.87. The first-order chi connectivity index (χ1) is 7.16. The number of amides is 3. The highest BCUT2D eigenvalue weighted by Gasteiger charge is 2.23. The molecule has 2 rings (SSSR count). The lowest BCUT2D eigenvalue weighted by atomic mass is 10.3. The number of aromatic amines is 1. The van der Waals surface area contributed by atoms with Crippen molar-refractivity contribution in [3.63, 3.8) is 0 Å². The Balaban J connectivity index is 2.04. The van der Waals surface area contributed by atoms with Crippen molar-refractivity contribution in [3.8, 4) is 0 Å². The maximum atomic E-state index is 11.4. The van der Waals surface area contributed by atoms with Crippen LogP contribution in [0.5, 0.6) is 0 Å². The van der Waals surface area contributed by atoms with E-state index in [0.29, 0.717) is 19.5 Å². The summed E-state index contributed by atoms with van der Waals surface area (Å²) < 4.78 is 0.826. The first kappa shape index (κ1) is 10.2. The minimum Gasteiger partial charge on any atom is -0.318 e. The van der Waals surface area contributed by atoms with Gasteiger partial charge in [0.2, 0.25) is 5.91 Å². The Morgan fingerprint density at radius 3 is 2.93 bits per heavy atom. The first-order valence-corrected chi connectivity index (χ1v) is 5.22. The Morgan fingerprint density at radius 2 is 2.33 bits per heavy atom. The molecule has 0 spiro atoms. The molecule has 1 aromatic rings. The molecule has 80 valence electrons. The molecule has 2 N–H and O–H groups in total. The van der Waals surface area contributed by atoms with E-state index in [2.05, 4.69) is 31.4 Å². The Labute approximate surface area is 94.1 Å². The highest BCUT2D eigenvalue weighted by atomic mass is 79.9. The predicted octanol–water partition coefficient (Wildman–Crippen LogP) is 0.614. The summed E-state index contributed by atoms with van der Waals surface area (Å²) in [5.74, 6) is -0.222. The molecule has 0 atom stereocenters. The van der Waals surface area contributed by atoms with Crippen LogP contribution < -0.4 is 5.32 Å². The summed E-state index contributed by atoms with van der Waals surface area (Å²) in [6, 6.07) is -0.354. The molecule has 0 bridgehead atoms. The Kier molecular flexibility index (Phi) is 2.72. The van der Waals surface area contributed by atoms with Gasteiger partial charge in [-0.15, -0.1) is 0 Å². The summed E-state index contributed by atoms with van der Waals surface area (Å²) in [6.07, 6.45) is 1.97. The summed E-state index contributed by atoms with van der Waals surface area (Å²) in [4.78, 5) is 23.8. The van der Waals surface area contributed by atoms with E-state index in [-0.39, 0.29) is 11.9 Å². The van der Waals surface area contributed by atoms with Crippen molar-refractivity contribution in [2.24, 2.45) is 0 Å². The lowest BCUT2D eigenvalue weighted by molar-refractivity contribution is -0.121. The van der Waals surface area contributed by atoms with Gasteiger partial charge in [-0.05, 0) is 15.9 Å². The summed E-state index contributed by atoms with van der Waals surface area (Å²) in [5.41, 5.74) is 0.819. The Hall–Kier alpha value is -1.37. The molecule has 3 amide bonds. The highest BCUT2D eigenvalue weighted by molar-refractivity contribution is 9.10. The largest absolute Gasteiger partial charge is 0.324 e. The van der Waals surface area contributed by atoms with Crippen molar-refractivity contribution in [2.75, 3.05) is 6.54 Å². The molecule has 7 heteroatoms. The fourth-order valence-corrected chi connectivity index (χ4v) is 1.67. The number of carbonyl (C=O) groups is 2. The average molecular weight is 273 g/mol. The van der Waals surface area contributed by atoms with Crippen molar-refractivity contribution in [1.82, 2.24) is 20.4 Å². The molecule has 0 saturated carbocycles. The van der Waals surface area contributed by atoms with Gasteiger partial charge in [0, 0.05) is 13.0 Å². The zero-order chi connectivity index (χ0) is 10.8. The van der Waals surface area contributed by atoms with E-state index in [1.165, 1.54) is 0 Å². The number of imide groups is 1. The molecule has 1 aliphatic rings. The van der Waals surface area contributed by atoms with Gasteiger partial charge in [0.15, 0.2) is 0 Å². The number of nitrogens with one attached hydrogen (secondary N) is 2. The minimum absolute atomic E-state index is 0.222. The zero-order valence-corrected chi connectivity index (χ0v) is 9.37. The summed E-state index contributed by atoms with van der Waals surface area (Å²) in [6.45, 7) is 0.857. The molecular formula is C8H9BrN4O2. The van der Waals surface area contributed by atoms with E-state index in [0.717, 1.165) is 10.2 Å². The monoisotopic (exact) mass is 272 g/mol. The molecular weight excluding hydrogens is 264 g/mol. The minimum atomic E-state index is -0.354. The van der Waals surface area contributed by atoms with Crippen LogP contribution >= 0.6 is 15.9 Å². The molecule has 1 fully saturated rings. The molecule has 0 radical (unpaired) electrons. The Morgan fingerprint density at radius 1 is 1.53 bits per heavy atom. The van der Waals surface area contributed by atoms with E-state index in [4.69, 9.17) is 0 Å². The molecule has 6 nitrogen and oxygen atoms in total. The number of halogens is 1. The molecule has 1 aliphatic heterocycles. The van der Waals surface area contributed by atoms with Gasteiger partial charge >= 0.3 is 6.03 Å². The second kappa shape index (κ2) is 4.01. The van der Waals surface area contributed by atoms with Crippen molar-refractivity contribution in [3.05, 3.63) is 16.4 Å². The third-order valence-corrected chi connectivity index (χ3v) is 2.84. The SMILES string of the molecule is O=C1CCN(Cc2[nH]ncc2Br)C(=O)N1. The van der Waals surface area contributed by atoms with Gasteiger partial charge in [-0.25, -0.2) is 4.79 Å². The summed E-state index contributed by atoms with van der Waals surface area (Å²) in [7, 11) is 0. The maximum Gasteiger partial charge on any atom is 0.324 e. The molecule has 0 unspecified atom stereocenters. The van der Waals surface area contributed by atoms with E-state index in [1.54, 1.807) is 11.1 Å². The van der Waals surface area contributed by atoms with Crippen LogP contribution in [0.1, 0.15) is 12.1 Å². The number of rotatable bonds is 2. The van der Waals surface area contributed by atoms with Crippen LogP contribution in [0.2, 0.25) is 0 Å². The van der Waals surface area contributed by atoms with E-state index < -0.39 is 0 Å². The van der Waals surface area contributed by atoms with Crippen LogP contribution in [0, 0.1) is 0 Å². The van der Waals surface area contributed by atoms with Gasteiger partial charge in [-0.2, -0.15) is 5.10 Å². The van der Waals surface area contributed by atoms with Crippen LogP contribution in [-0.4, -0.2) is 33.6 Å². The fraction of sp³-hybridized carbons (Fsp3) is 0.375. The van der Waals surface area contributed by atoms with Crippen LogP contribution in [0.25, 0.3) is 0 Å². The molecule has 0 aromatic carbocycles. The van der Waals surface area contributed by atoms with Gasteiger partial charge in [0.05, 0.1) is 22.9 Å². The predicted molar refractivity (Wildman–Crippen MR) is 54.9 cm³/mol. The van der Waals surface area contributed by atoms with Gasteiger partial charge in [-0.1, -0.05) is 0 Å². The van der Waals surface area contributed by atoms with Crippen LogP contribution in [0.4, 0.5) is 4.79 Å². The smallest absolute Gasteiger partial charge is 0.318 e. The van der Waals surface area contributed by atoms with Crippen LogP contribution in [0.15, 0.2) is 10.7 Å². The van der Waals surface area contributed by atoms with Crippen molar-refractivity contribution < 1.29 is 9.59 Å². The van der Waals surface area contributed by atoms with Crippen molar-refractivity contribution in [2.45, 2.75) is 13.0 Å². The first-order valence-electron chi connectivity index (χ1n) is 4.43.